The van der Waals surface area contributed by atoms with E-state index in [9.17, 15) is 9.59 Å². The maximum Gasteiger partial charge on any atom is 0.262 e. The number of nitrogens with zero attached hydrogens (tertiary/aromatic N) is 1. The molecule has 0 saturated heterocycles. The van der Waals surface area contributed by atoms with Gasteiger partial charge < -0.3 is 10.1 Å². The van der Waals surface area contributed by atoms with Crippen LogP contribution in [0.25, 0.3) is 0 Å². The molecule has 2 N–H and O–H groups in total. The van der Waals surface area contributed by atoms with Crippen LogP contribution in [0.4, 0.5) is 0 Å². The van der Waals surface area contributed by atoms with E-state index in [1.54, 1.807) is 43.3 Å². The Morgan fingerprint density at radius 1 is 0.941 bits per heavy atom. The van der Waals surface area contributed by atoms with Crippen LogP contribution in [0, 0.1) is 0 Å². The van der Waals surface area contributed by atoms with Crippen molar-refractivity contribution in [3.8, 4) is 5.75 Å². The first kappa shape index (κ1) is 25.6. The summed E-state index contributed by atoms with van der Waals surface area (Å²) >= 11 is 17.9. The van der Waals surface area contributed by atoms with Gasteiger partial charge in [0.2, 0.25) is 0 Å². The molecule has 3 rings (SSSR count). The second kappa shape index (κ2) is 12.4. The van der Waals surface area contributed by atoms with Crippen molar-refractivity contribution in [2.45, 2.75) is 25.5 Å². The van der Waals surface area contributed by atoms with Gasteiger partial charge in [0.15, 0.2) is 6.10 Å². The normalized spacial score (nSPS) is 12.7. The molecular weight excluding hydrogens is 497 g/mol. The molecule has 34 heavy (non-hydrogen) atoms. The van der Waals surface area contributed by atoms with E-state index in [4.69, 9.17) is 39.5 Å². The zero-order valence-corrected chi connectivity index (χ0v) is 20.4. The third-order valence-corrected chi connectivity index (χ3v) is 5.52. The molecule has 0 radical (unpaired) electrons. The highest BCUT2D eigenvalue weighted by molar-refractivity contribution is 6.35. The molecule has 3 aromatic rings. The average Bonchev–Trinajstić information content (AvgIpc) is 2.82. The van der Waals surface area contributed by atoms with E-state index in [2.05, 4.69) is 15.8 Å². The number of carbonyl (C=O) groups is 2. The molecule has 0 fully saturated rings. The van der Waals surface area contributed by atoms with Gasteiger partial charge >= 0.3 is 0 Å². The second-order valence-corrected chi connectivity index (χ2v) is 8.65. The number of nitrogens with one attached hydrogen (secondary N) is 2. The predicted molar refractivity (Wildman–Crippen MR) is 136 cm³/mol. The molecule has 0 saturated carbocycles. The summed E-state index contributed by atoms with van der Waals surface area (Å²) in [6.45, 7) is 1.57. The number of carbonyl (C=O) groups excluding carboxylic acids is 2. The van der Waals surface area contributed by atoms with Crippen molar-refractivity contribution in [1.82, 2.24) is 10.7 Å². The fourth-order valence-corrected chi connectivity index (χ4v) is 3.54. The molecule has 0 aromatic heterocycles. The van der Waals surface area contributed by atoms with Crippen LogP contribution in [-0.4, -0.2) is 30.2 Å². The molecule has 2 amide bonds. The third-order valence-electron chi connectivity index (χ3n) is 4.74. The van der Waals surface area contributed by atoms with E-state index in [0.717, 1.165) is 11.1 Å². The molecule has 0 heterocycles. The average molecular weight is 519 g/mol. The molecule has 0 aliphatic heterocycles. The van der Waals surface area contributed by atoms with Gasteiger partial charge in [-0.15, -0.1) is 0 Å². The second-order valence-electron chi connectivity index (χ2n) is 7.37. The van der Waals surface area contributed by atoms with Crippen molar-refractivity contribution in [1.29, 1.82) is 0 Å². The Kier molecular flexibility index (Phi) is 9.33. The van der Waals surface area contributed by atoms with Crippen LogP contribution in [0.1, 0.15) is 18.1 Å². The molecule has 0 unspecified atom stereocenters. The van der Waals surface area contributed by atoms with Crippen molar-refractivity contribution in [3.63, 3.8) is 0 Å². The molecule has 176 valence electrons. The maximum absolute atomic E-state index is 12.9. The SMILES string of the molecule is C[C@H](Oc1ccc(Cl)cc1Cl)C(=O)N[C@@H](Cc1ccccc1)C(=O)N/N=C\c1ccc(Cl)cc1. The summed E-state index contributed by atoms with van der Waals surface area (Å²) < 4.78 is 5.67. The van der Waals surface area contributed by atoms with Gasteiger partial charge in [-0.25, -0.2) is 5.43 Å². The molecule has 0 aliphatic carbocycles. The summed E-state index contributed by atoms with van der Waals surface area (Å²) in [6, 6.07) is 20.1. The standard InChI is InChI=1S/C25H22Cl3N3O3/c1-16(34-23-12-11-20(27)14-21(23)28)24(32)30-22(13-17-5-3-2-4-6-17)25(33)31-29-15-18-7-9-19(26)10-8-18/h2-12,14-16,22H,13H2,1H3,(H,30,32)(H,31,33)/b29-15-/t16-,22-/m0/s1. The molecule has 0 spiro atoms. The Morgan fingerprint density at radius 3 is 2.29 bits per heavy atom. The lowest BCUT2D eigenvalue weighted by Gasteiger charge is -2.21. The summed E-state index contributed by atoms with van der Waals surface area (Å²) in [5.74, 6) is -0.645. The van der Waals surface area contributed by atoms with Crippen LogP contribution in [0.15, 0.2) is 77.9 Å². The van der Waals surface area contributed by atoms with Crippen molar-refractivity contribution in [3.05, 3.63) is 99.0 Å². The van der Waals surface area contributed by atoms with Crippen LogP contribution in [0.2, 0.25) is 15.1 Å². The molecule has 3 aromatic carbocycles. The molecule has 9 heteroatoms. The Balaban J connectivity index is 1.68. The van der Waals surface area contributed by atoms with Crippen molar-refractivity contribution in [2.24, 2.45) is 5.10 Å². The van der Waals surface area contributed by atoms with Gasteiger partial charge in [0.25, 0.3) is 11.8 Å². The molecule has 0 aliphatic rings. The van der Waals surface area contributed by atoms with Crippen LogP contribution in [0.5, 0.6) is 5.75 Å². The Hall–Kier alpha value is -3.06. The number of hydrazone groups is 1. The van der Waals surface area contributed by atoms with Crippen molar-refractivity contribution >= 4 is 52.8 Å². The number of rotatable bonds is 9. The monoisotopic (exact) mass is 517 g/mol. The van der Waals surface area contributed by atoms with Crippen LogP contribution >= 0.6 is 34.8 Å². The first-order valence-electron chi connectivity index (χ1n) is 10.4. The Labute approximate surface area is 212 Å². The third kappa shape index (κ3) is 7.76. The fourth-order valence-electron chi connectivity index (χ4n) is 2.96. The van der Waals surface area contributed by atoms with Gasteiger partial charge in [0.1, 0.15) is 11.8 Å². The summed E-state index contributed by atoms with van der Waals surface area (Å²) in [6.07, 6.45) is 0.843. The Bertz CT molecular complexity index is 1160. The number of benzene rings is 3. The first-order valence-corrected chi connectivity index (χ1v) is 11.5. The first-order chi connectivity index (χ1) is 16.3. The molecule has 2 atom stereocenters. The van der Waals surface area contributed by atoms with E-state index in [-0.39, 0.29) is 11.4 Å². The number of amides is 2. The van der Waals surface area contributed by atoms with Gasteiger partial charge in [-0.05, 0) is 48.4 Å². The fraction of sp³-hybridized carbons (Fsp3) is 0.160. The van der Waals surface area contributed by atoms with E-state index >= 15 is 0 Å². The summed E-state index contributed by atoms with van der Waals surface area (Å²) in [5, 5.41) is 8.06. The summed E-state index contributed by atoms with van der Waals surface area (Å²) in [4.78, 5) is 25.7. The lowest BCUT2D eigenvalue weighted by Crippen LogP contribution is -2.50. The molecule has 0 bridgehead atoms. The van der Waals surface area contributed by atoms with E-state index in [0.29, 0.717) is 15.8 Å². The zero-order valence-electron chi connectivity index (χ0n) is 18.2. The van der Waals surface area contributed by atoms with Crippen LogP contribution in [0.3, 0.4) is 0 Å². The van der Waals surface area contributed by atoms with Gasteiger partial charge in [0.05, 0.1) is 11.2 Å². The predicted octanol–water partition coefficient (Wildman–Crippen LogP) is 5.29. The van der Waals surface area contributed by atoms with E-state index in [1.165, 1.54) is 12.3 Å². The van der Waals surface area contributed by atoms with E-state index in [1.807, 2.05) is 30.3 Å². The minimum Gasteiger partial charge on any atom is -0.479 e. The maximum atomic E-state index is 12.9. The zero-order chi connectivity index (χ0) is 24.5. The lowest BCUT2D eigenvalue weighted by molar-refractivity contribution is -0.132. The molecule has 6 nitrogen and oxygen atoms in total. The summed E-state index contributed by atoms with van der Waals surface area (Å²) in [5.41, 5.74) is 4.12. The highest BCUT2D eigenvalue weighted by Crippen LogP contribution is 2.28. The van der Waals surface area contributed by atoms with Crippen molar-refractivity contribution in [2.75, 3.05) is 0 Å². The van der Waals surface area contributed by atoms with Crippen LogP contribution < -0.4 is 15.5 Å². The molecular formula is C25H22Cl3N3O3. The number of hydrogen-bond acceptors (Lipinski definition) is 4. The lowest BCUT2D eigenvalue weighted by atomic mass is 10.1. The number of halogens is 3. The number of ether oxygens (including phenoxy) is 1. The highest BCUT2D eigenvalue weighted by Gasteiger charge is 2.25. The van der Waals surface area contributed by atoms with Gasteiger partial charge in [-0.3, -0.25) is 9.59 Å². The topological polar surface area (TPSA) is 79.8 Å². The van der Waals surface area contributed by atoms with E-state index < -0.39 is 24.0 Å². The summed E-state index contributed by atoms with van der Waals surface area (Å²) in [7, 11) is 0. The van der Waals surface area contributed by atoms with Gasteiger partial charge in [-0.2, -0.15) is 5.10 Å². The Morgan fingerprint density at radius 2 is 1.62 bits per heavy atom. The minimum atomic E-state index is -0.915. The quantitative estimate of drug-likeness (QED) is 0.298. The largest absolute Gasteiger partial charge is 0.479 e. The van der Waals surface area contributed by atoms with Crippen LogP contribution in [-0.2, 0) is 16.0 Å². The van der Waals surface area contributed by atoms with Gasteiger partial charge in [-0.1, -0.05) is 77.3 Å². The van der Waals surface area contributed by atoms with Crippen molar-refractivity contribution < 1.29 is 14.3 Å². The smallest absolute Gasteiger partial charge is 0.262 e. The number of hydrogen-bond donors (Lipinski definition) is 2. The minimum absolute atomic E-state index is 0.267. The van der Waals surface area contributed by atoms with Gasteiger partial charge in [0, 0.05) is 16.5 Å². The highest BCUT2D eigenvalue weighted by atomic mass is 35.5.